The van der Waals surface area contributed by atoms with Gasteiger partial charge in [0.15, 0.2) is 6.29 Å². The molecule has 1 aromatic carbocycles. The molecule has 0 unspecified atom stereocenters. The highest BCUT2D eigenvalue weighted by Crippen LogP contribution is 2.12. The molecule has 1 atom stereocenters. The van der Waals surface area contributed by atoms with Crippen LogP contribution in [0.3, 0.4) is 0 Å². The van der Waals surface area contributed by atoms with Gasteiger partial charge in [-0.05, 0) is 30.5 Å². The van der Waals surface area contributed by atoms with Gasteiger partial charge in [-0.3, -0.25) is 0 Å². The van der Waals surface area contributed by atoms with Crippen molar-refractivity contribution in [1.29, 1.82) is 0 Å². The first-order valence-electron chi connectivity index (χ1n) is 6.03. The molecule has 0 aromatic heterocycles. The summed E-state index contributed by atoms with van der Waals surface area (Å²) in [5.74, 6) is -0.367. The molecule has 0 saturated carbocycles. The van der Waals surface area contributed by atoms with Crippen molar-refractivity contribution >= 4 is 5.97 Å². The number of carbonyl (C=O) groups is 1. The van der Waals surface area contributed by atoms with Gasteiger partial charge in [-0.2, -0.15) is 0 Å². The summed E-state index contributed by atoms with van der Waals surface area (Å²) in [4.78, 5) is 11.4. The standard InChI is InChI=1S/C14H20O5/c1-17-13(16)11-6-4-5-10(9-11)7-8-12(15)14(18-2)19-3/h4-6,9,12,14-15H,7-8H2,1-3H3/t12-/m0/s1. The Morgan fingerprint density at radius 1 is 1.26 bits per heavy atom. The molecule has 0 amide bonds. The van der Waals surface area contributed by atoms with Crippen LogP contribution in [0.2, 0.25) is 0 Å². The van der Waals surface area contributed by atoms with Gasteiger partial charge < -0.3 is 19.3 Å². The average molecular weight is 268 g/mol. The third kappa shape index (κ3) is 4.63. The maximum absolute atomic E-state index is 11.4. The summed E-state index contributed by atoms with van der Waals surface area (Å²) >= 11 is 0. The number of aliphatic hydroxyl groups excluding tert-OH is 1. The number of hydrogen-bond acceptors (Lipinski definition) is 5. The predicted octanol–water partition coefficient (Wildman–Crippen LogP) is 1.39. The average Bonchev–Trinajstić information content (AvgIpc) is 2.45. The van der Waals surface area contributed by atoms with Gasteiger partial charge in [-0.25, -0.2) is 4.79 Å². The zero-order chi connectivity index (χ0) is 14.3. The maximum Gasteiger partial charge on any atom is 0.337 e. The largest absolute Gasteiger partial charge is 0.465 e. The number of ether oxygens (including phenoxy) is 3. The molecule has 0 saturated heterocycles. The first-order valence-corrected chi connectivity index (χ1v) is 6.03. The Balaban J connectivity index is 2.60. The van der Waals surface area contributed by atoms with E-state index in [2.05, 4.69) is 4.74 Å². The fourth-order valence-electron chi connectivity index (χ4n) is 1.83. The van der Waals surface area contributed by atoms with E-state index >= 15 is 0 Å². The van der Waals surface area contributed by atoms with Crippen LogP contribution in [0.15, 0.2) is 24.3 Å². The molecule has 1 rings (SSSR count). The summed E-state index contributed by atoms with van der Waals surface area (Å²) in [6.07, 6.45) is -0.243. The Labute approximate surface area is 113 Å². The highest BCUT2D eigenvalue weighted by Gasteiger charge is 2.17. The summed E-state index contributed by atoms with van der Waals surface area (Å²) in [5, 5.41) is 9.85. The van der Waals surface area contributed by atoms with Crippen molar-refractivity contribution in [2.45, 2.75) is 25.2 Å². The van der Waals surface area contributed by atoms with Crippen molar-refractivity contribution in [3.63, 3.8) is 0 Å². The van der Waals surface area contributed by atoms with Crippen LogP contribution in [-0.2, 0) is 20.6 Å². The Kier molecular flexibility index (Phi) is 6.49. The second kappa shape index (κ2) is 7.89. The first kappa shape index (κ1) is 15.6. The number of rotatable bonds is 7. The van der Waals surface area contributed by atoms with Crippen molar-refractivity contribution in [3.05, 3.63) is 35.4 Å². The van der Waals surface area contributed by atoms with E-state index in [1.165, 1.54) is 21.3 Å². The number of aryl methyl sites for hydroxylation is 1. The van der Waals surface area contributed by atoms with Gasteiger partial charge in [0.05, 0.1) is 12.7 Å². The first-order chi connectivity index (χ1) is 9.12. The summed E-state index contributed by atoms with van der Waals surface area (Å²) in [6.45, 7) is 0. The number of benzene rings is 1. The Morgan fingerprint density at radius 3 is 2.53 bits per heavy atom. The molecular formula is C14H20O5. The van der Waals surface area contributed by atoms with E-state index in [4.69, 9.17) is 9.47 Å². The maximum atomic E-state index is 11.4. The fraction of sp³-hybridized carbons (Fsp3) is 0.500. The molecule has 1 N–H and O–H groups in total. The smallest absolute Gasteiger partial charge is 0.337 e. The molecule has 0 aliphatic heterocycles. The molecule has 0 aliphatic rings. The molecule has 0 fully saturated rings. The van der Waals surface area contributed by atoms with E-state index in [1.807, 2.05) is 6.07 Å². The fourth-order valence-corrected chi connectivity index (χ4v) is 1.83. The molecule has 5 heteroatoms. The lowest BCUT2D eigenvalue weighted by atomic mass is 10.0. The normalized spacial score (nSPS) is 12.5. The van der Waals surface area contributed by atoms with Crippen molar-refractivity contribution < 1.29 is 24.1 Å². The van der Waals surface area contributed by atoms with Crippen molar-refractivity contribution in [2.24, 2.45) is 0 Å². The van der Waals surface area contributed by atoms with Crippen molar-refractivity contribution in [2.75, 3.05) is 21.3 Å². The third-order valence-electron chi connectivity index (χ3n) is 2.86. The Bertz CT molecular complexity index is 401. The van der Waals surface area contributed by atoms with E-state index in [1.54, 1.807) is 18.2 Å². The number of hydrogen-bond donors (Lipinski definition) is 1. The summed E-state index contributed by atoms with van der Waals surface area (Å²) < 4.78 is 14.6. The van der Waals surface area contributed by atoms with Crippen molar-refractivity contribution in [3.8, 4) is 0 Å². The lowest BCUT2D eigenvalue weighted by molar-refractivity contribution is -0.165. The monoisotopic (exact) mass is 268 g/mol. The molecule has 1 aromatic rings. The van der Waals surface area contributed by atoms with E-state index in [0.717, 1.165) is 5.56 Å². The second-order valence-corrected chi connectivity index (χ2v) is 4.14. The van der Waals surface area contributed by atoms with Crippen LogP contribution in [0.1, 0.15) is 22.3 Å². The van der Waals surface area contributed by atoms with E-state index in [9.17, 15) is 9.90 Å². The molecule has 0 radical (unpaired) electrons. The summed E-state index contributed by atoms with van der Waals surface area (Å²) in [6, 6.07) is 7.14. The van der Waals surface area contributed by atoms with Gasteiger partial charge >= 0.3 is 5.97 Å². The number of esters is 1. The Hall–Kier alpha value is -1.43. The lowest BCUT2D eigenvalue weighted by Crippen LogP contribution is -2.30. The molecule has 0 heterocycles. The quantitative estimate of drug-likeness (QED) is 0.598. The summed E-state index contributed by atoms with van der Waals surface area (Å²) in [5.41, 5.74) is 1.46. The van der Waals surface area contributed by atoms with Gasteiger partial charge in [0, 0.05) is 14.2 Å². The van der Waals surface area contributed by atoms with Crippen LogP contribution < -0.4 is 0 Å². The highest BCUT2D eigenvalue weighted by molar-refractivity contribution is 5.89. The van der Waals surface area contributed by atoms with Gasteiger partial charge in [0.1, 0.15) is 6.10 Å². The SMILES string of the molecule is COC(=O)c1cccc(CC[C@H](O)C(OC)OC)c1. The van der Waals surface area contributed by atoms with E-state index in [-0.39, 0.29) is 5.97 Å². The van der Waals surface area contributed by atoms with Gasteiger partial charge in [0.25, 0.3) is 0 Å². The van der Waals surface area contributed by atoms with Gasteiger partial charge in [-0.1, -0.05) is 12.1 Å². The van der Waals surface area contributed by atoms with E-state index in [0.29, 0.717) is 18.4 Å². The molecule has 0 bridgehead atoms. The lowest BCUT2D eigenvalue weighted by Gasteiger charge is -2.19. The molecule has 0 aliphatic carbocycles. The minimum absolute atomic E-state index is 0.367. The molecule has 19 heavy (non-hydrogen) atoms. The molecule has 5 nitrogen and oxygen atoms in total. The zero-order valence-corrected chi connectivity index (χ0v) is 11.5. The van der Waals surface area contributed by atoms with Crippen LogP contribution in [0.5, 0.6) is 0 Å². The molecular weight excluding hydrogens is 248 g/mol. The number of aliphatic hydroxyl groups is 1. The molecule has 106 valence electrons. The van der Waals surface area contributed by atoms with Gasteiger partial charge in [-0.15, -0.1) is 0 Å². The van der Waals surface area contributed by atoms with Crippen LogP contribution in [0.25, 0.3) is 0 Å². The van der Waals surface area contributed by atoms with Crippen LogP contribution in [-0.4, -0.2) is 44.8 Å². The van der Waals surface area contributed by atoms with Crippen LogP contribution >= 0.6 is 0 Å². The zero-order valence-electron chi connectivity index (χ0n) is 11.5. The van der Waals surface area contributed by atoms with Gasteiger partial charge in [0.2, 0.25) is 0 Å². The summed E-state index contributed by atoms with van der Waals surface area (Å²) in [7, 11) is 4.31. The highest BCUT2D eigenvalue weighted by atomic mass is 16.7. The predicted molar refractivity (Wildman–Crippen MR) is 69.9 cm³/mol. The van der Waals surface area contributed by atoms with E-state index < -0.39 is 12.4 Å². The van der Waals surface area contributed by atoms with Crippen LogP contribution in [0.4, 0.5) is 0 Å². The molecule has 0 spiro atoms. The third-order valence-corrected chi connectivity index (χ3v) is 2.86. The number of carbonyl (C=O) groups excluding carboxylic acids is 1. The minimum atomic E-state index is -0.711. The van der Waals surface area contributed by atoms with Crippen LogP contribution in [0, 0.1) is 0 Å². The van der Waals surface area contributed by atoms with Crippen molar-refractivity contribution in [1.82, 2.24) is 0 Å². The minimum Gasteiger partial charge on any atom is -0.465 e. The second-order valence-electron chi connectivity index (χ2n) is 4.14. The Morgan fingerprint density at radius 2 is 1.95 bits per heavy atom. The number of methoxy groups -OCH3 is 3. The topological polar surface area (TPSA) is 65.0 Å².